The Morgan fingerprint density at radius 3 is 2.53 bits per heavy atom. The number of nitrogens with zero attached hydrogens (tertiary/aromatic N) is 1. The first-order chi connectivity index (χ1) is 7.22. The van der Waals surface area contributed by atoms with Gasteiger partial charge in [-0.2, -0.15) is 0 Å². The number of hydrogen-bond acceptors (Lipinski definition) is 2. The van der Waals surface area contributed by atoms with Crippen LogP contribution in [0.15, 0.2) is 36.4 Å². The van der Waals surface area contributed by atoms with Crippen molar-refractivity contribution < 1.29 is 4.74 Å². The van der Waals surface area contributed by atoms with Crippen LogP contribution in [0.4, 0.5) is 5.69 Å². The minimum atomic E-state index is 0.929. The van der Waals surface area contributed by atoms with Crippen LogP contribution >= 0.6 is 0 Å². The van der Waals surface area contributed by atoms with E-state index in [1.54, 1.807) is 7.11 Å². The molecule has 0 fully saturated rings. The van der Waals surface area contributed by atoms with Gasteiger partial charge in [-0.25, -0.2) is 0 Å². The monoisotopic (exact) mass is 201 g/mol. The molecule has 0 N–H and O–H groups in total. The summed E-state index contributed by atoms with van der Waals surface area (Å²) in [5.74, 6) is 0.929. The molecule has 2 aromatic carbocycles. The molecule has 0 unspecified atom stereocenters. The number of hydrogen-bond donors (Lipinski definition) is 0. The molecule has 15 heavy (non-hydrogen) atoms. The van der Waals surface area contributed by atoms with Crippen LogP contribution < -0.4 is 9.64 Å². The van der Waals surface area contributed by atoms with Gasteiger partial charge in [0.25, 0.3) is 0 Å². The van der Waals surface area contributed by atoms with Crippen LogP contribution in [0, 0.1) is 0 Å². The minimum absolute atomic E-state index is 0.929. The van der Waals surface area contributed by atoms with Crippen molar-refractivity contribution in [3.63, 3.8) is 0 Å². The molecule has 2 aromatic rings. The molecular formula is C13H15NO. The Hall–Kier alpha value is -1.70. The van der Waals surface area contributed by atoms with E-state index in [-0.39, 0.29) is 0 Å². The highest BCUT2D eigenvalue weighted by atomic mass is 16.5. The van der Waals surface area contributed by atoms with Gasteiger partial charge in [-0.15, -0.1) is 0 Å². The molecule has 2 heteroatoms. The van der Waals surface area contributed by atoms with Crippen molar-refractivity contribution in [2.45, 2.75) is 0 Å². The second-order valence-corrected chi connectivity index (χ2v) is 3.76. The summed E-state index contributed by atoms with van der Waals surface area (Å²) < 4.78 is 5.31. The van der Waals surface area contributed by atoms with Gasteiger partial charge in [0.2, 0.25) is 0 Å². The zero-order valence-electron chi connectivity index (χ0n) is 9.32. The first kappa shape index (κ1) is 9.84. The molecule has 0 aliphatic rings. The Labute approximate surface area is 90.1 Å². The molecule has 0 aliphatic heterocycles. The van der Waals surface area contributed by atoms with Crippen LogP contribution in [0.25, 0.3) is 10.8 Å². The largest absolute Gasteiger partial charge is 0.496 e. The zero-order valence-corrected chi connectivity index (χ0v) is 9.32. The minimum Gasteiger partial charge on any atom is -0.496 e. The van der Waals surface area contributed by atoms with E-state index in [1.165, 1.54) is 11.1 Å². The summed E-state index contributed by atoms with van der Waals surface area (Å²) in [5, 5.41) is 2.37. The van der Waals surface area contributed by atoms with Gasteiger partial charge in [-0.3, -0.25) is 0 Å². The first-order valence-electron chi connectivity index (χ1n) is 4.96. The van der Waals surface area contributed by atoms with Gasteiger partial charge in [0.15, 0.2) is 0 Å². The summed E-state index contributed by atoms with van der Waals surface area (Å²) in [6.07, 6.45) is 0. The Morgan fingerprint density at radius 2 is 1.87 bits per heavy atom. The normalized spacial score (nSPS) is 10.3. The number of fused-ring (bicyclic) bond motifs is 1. The van der Waals surface area contributed by atoms with Crippen LogP contribution in [0.5, 0.6) is 5.75 Å². The molecule has 78 valence electrons. The maximum atomic E-state index is 5.31. The number of anilines is 1. The van der Waals surface area contributed by atoms with Gasteiger partial charge < -0.3 is 9.64 Å². The fourth-order valence-electron chi connectivity index (χ4n) is 1.70. The highest BCUT2D eigenvalue weighted by Crippen LogP contribution is 2.28. The molecular weight excluding hydrogens is 186 g/mol. The molecule has 0 aromatic heterocycles. The molecule has 0 atom stereocenters. The number of rotatable bonds is 2. The summed E-state index contributed by atoms with van der Waals surface area (Å²) in [6.45, 7) is 0. The topological polar surface area (TPSA) is 12.5 Å². The van der Waals surface area contributed by atoms with Gasteiger partial charge in [0.05, 0.1) is 7.11 Å². The summed E-state index contributed by atoms with van der Waals surface area (Å²) in [5.41, 5.74) is 1.20. The second kappa shape index (κ2) is 3.81. The van der Waals surface area contributed by atoms with E-state index in [2.05, 4.69) is 29.2 Å². The third kappa shape index (κ3) is 1.75. The van der Waals surface area contributed by atoms with Gasteiger partial charge >= 0.3 is 0 Å². The standard InChI is InChI=1S/C13H15NO/c1-14(2)11-7-8-12-10(9-11)5-4-6-13(12)15-3/h4-9H,1-3H3. The highest BCUT2D eigenvalue weighted by Gasteiger charge is 2.02. The number of ether oxygens (including phenoxy) is 1. The average Bonchev–Trinajstić information content (AvgIpc) is 2.27. The van der Waals surface area contributed by atoms with Crippen LogP contribution in [0.1, 0.15) is 0 Å². The molecule has 0 heterocycles. The Bertz CT molecular complexity index is 477. The molecule has 0 saturated heterocycles. The second-order valence-electron chi connectivity index (χ2n) is 3.76. The lowest BCUT2D eigenvalue weighted by molar-refractivity contribution is 0.420. The Kier molecular flexibility index (Phi) is 2.50. The quantitative estimate of drug-likeness (QED) is 0.740. The van der Waals surface area contributed by atoms with E-state index in [4.69, 9.17) is 4.74 Å². The summed E-state index contributed by atoms with van der Waals surface area (Å²) in [7, 11) is 5.79. The molecule has 0 amide bonds. The van der Waals surface area contributed by atoms with Crippen molar-refractivity contribution >= 4 is 16.5 Å². The lowest BCUT2D eigenvalue weighted by Gasteiger charge is -2.13. The average molecular weight is 201 g/mol. The molecule has 0 radical (unpaired) electrons. The van der Waals surface area contributed by atoms with Crippen molar-refractivity contribution in [2.75, 3.05) is 26.1 Å². The van der Waals surface area contributed by atoms with E-state index >= 15 is 0 Å². The highest BCUT2D eigenvalue weighted by molar-refractivity contribution is 5.90. The maximum Gasteiger partial charge on any atom is 0.126 e. The predicted molar refractivity (Wildman–Crippen MR) is 64.8 cm³/mol. The maximum absolute atomic E-state index is 5.31. The summed E-state index contributed by atoms with van der Waals surface area (Å²) >= 11 is 0. The molecule has 0 saturated carbocycles. The van der Waals surface area contributed by atoms with E-state index in [9.17, 15) is 0 Å². The van der Waals surface area contributed by atoms with Crippen LogP contribution in [-0.4, -0.2) is 21.2 Å². The van der Waals surface area contributed by atoms with Crippen molar-refractivity contribution in [1.29, 1.82) is 0 Å². The number of methoxy groups -OCH3 is 1. The smallest absolute Gasteiger partial charge is 0.126 e. The molecule has 2 rings (SSSR count). The van der Waals surface area contributed by atoms with Gasteiger partial charge in [-0.1, -0.05) is 12.1 Å². The Morgan fingerprint density at radius 1 is 1.07 bits per heavy atom. The van der Waals surface area contributed by atoms with Gasteiger partial charge in [0, 0.05) is 25.2 Å². The van der Waals surface area contributed by atoms with Crippen LogP contribution in [0.3, 0.4) is 0 Å². The van der Waals surface area contributed by atoms with Crippen molar-refractivity contribution in [3.05, 3.63) is 36.4 Å². The third-order valence-electron chi connectivity index (χ3n) is 2.56. The third-order valence-corrected chi connectivity index (χ3v) is 2.56. The van der Waals surface area contributed by atoms with Crippen molar-refractivity contribution in [3.8, 4) is 5.75 Å². The fourth-order valence-corrected chi connectivity index (χ4v) is 1.70. The number of benzene rings is 2. The van der Waals surface area contributed by atoms with Gasteiger partial charge in [-0.05, 0) is 29.7 Å². The van der Waals surface area contributed by atoms with E-state index in [0.717, 1.165) is 11.1 Å². The lowest BCUT2D eigenvalue weighted by Crippen LogP contribution is -2.08. The van der Waals surface area contributed by atoms with Gasteiger partial charge in [0.1, 0.15) is 5.75 Å². The summed E-state index contributed by atoms with van der Waals surface area (Å²) in [4.78, 5) is 2.10. The molecule has 0 bridgehead atoms. The van der Waals surface area contributed by atoms with Crippen LogP contribution in [-0.2, 0) is 0 Å². The zero-order chi connectivity index (χ0) is 10.8. The van der Waals surface area contributed by atoms with E-state index in [1.807, 2.05) is 26.2 Å². The molecule has 2 nitrogen and oxygen atoms in total. The predicted octanol–water partition coefficient (Wildman–Crippen LogP) is 2.91. The fraction of sp³-hybridized carbons (Fsp3) is 0.231. The van der Waals surface area contributed by atoms with E-state index in [0.29, 0.717) is 0 Å². The van der Waals surface area contributed by atoms with E-state index < -0.39 is 0 Å². The SMILES string of the molecule is COc1cccc2cc(N(C)C)ccc12. The van der Waals surface area contributed by atoms with Crippen LogP contribution in [0.2, 0.25) is 0 Å². The van der Waals surface area contributed by atoms with Crippen molar-refractivity contribution in [1.82, 2.24) is 0 Å². The summed E-state index contributed by atoms with van der Waals surface area (Å²) in [6, 6.07) is 12.5. The molecule has 0 spiro atoms. The Balaban J connectivity index is 2.63. The first-order valence-corrected chi connectivity index (χ1v) is 4.96. The van der Waals surface area contributed by atoms with Crippen molar-refractivity contribution in [2.24, 2.45) is 0 Å². The lowest BCUT2D eigenvalue weighted by atomic mass is 10.1. The molecule has 0 aliphatic carbocycles.